The molecule has 3 rings (SSSR count). The lowest BCUT2D eigenvalue weighted by atomic mass is 10.0. The quantitative estimate of drug-likeness (QED) is 0.404. The zero-order valence-corrected chi connectivity index (χ0v) is 14.4. The van der Waals surface area contributed by atoms with Crippen LogP contribution in [0, 0.1) is 12.7 Å². The van der Waals surface area contributed by atoms with Crippen LogP contribution in [0.4, 0.5) is 17.6 Å². The van der Waals surface area contributed by atoms with Crippen LogP contribution in [-0.2, 0) is 0 Å². The lowest BCUT2D eigenvalue weighted by Gasteiger charge is -2.13. The van der Waals surface area contributed by atoms with E-state index in [1.165, 1.54) is 30.6 Å². The lowest BCUT2D eigenvalue weighted by molar-refractivity contribution is -0.105. The minimum atomic E-state index is -4.31. The van der Waals surface area contributed by atoms with Gasteiger partial charge in [-0.25, -0.2) is 4.39 Å². The van der Waals surface area contributed by atoms with Gasteiger partial charge < -0.3 is 0 Å². The van der Waals surface area contributed by atoms with Crippen LogP contribution in [0.3, 0.4) is 0 Å². The van der Waals surface area contributed by atoms with Crippen molar-refractivity contribution in [3.05, 3.63) is 53.1 Å². The molecule has 25 heavy (non-hydrogen) atoms. The van der Waals surface area contributed by atoms with Gasteiger partial charge >= 0.3 is 6.18 Å². The van der Waals surface area contributed by atoms with Crippen LogP contribution in [-0.4, -0.2) is 21.9 Å². The molecule has 0 aliphatic rings. The van der Waals surface area contributed by atoms with E-state index in [1.54, 1.807) is 13.0 Å². The molecule has 0 amide bonds. The summed E-state index contributed by atoms with van der Waals surface area (Å²) < 4.78 is 52.0. The first-order chi connectivity index (χ1) is 11.7. The van der Waals surface area contributed by atoms with E-state index in [4.69, 9.17) is 11.6 Å². The zero-order chi connectivity index (χ0) is 18.2. The Kier molecular flexibility index (Phi) is 4.88. The van der Waals surface area contributed by atoms with Gasteiger partial charge in [0.25, 0.3) is 0 Å². The van der Waals surface area contributed by atoms with Crippen molar-refractivity contribution in [2.45, 2.75) is 18.0 Å². The van der Waals surface area contributed by atoms with Crippen molar-refractivity contribution in [3.63, 3.8) is 0 Å². The SMILES string of the molecule is Cc1cc(F)c(-c2cc(Cl)cc3nccnc23)cc1SCC(F)(F)F. The highest BCUT2D eigenvalue weighted by molar-refractivity contribution is 7.99. The van der Waals surface area contributed by atoms with E-state index in [1.807, 2.05) is 0 Å². The summed E-state index contributed by atoms with van der Waals surface area (Å²) in [4.78, 5) is 8.70. The normalized spacial score (nSPS) is 11.9. The molecule has 0 radical (unpaired) electrons. The van der Waals surface area contributed by atoms with Gasteiger partial charge in [-0.3, -0.25) is 9.97 Å². The molecule has 3 aromatic rings. The molecule has 0 saturated heterocycles. The predicted molar refractivity (Wildman–Crippen MR) is 91.5 cm³/mol. The van der Waals surface area contributed by atoms with Crippen LogP contribution < -0.4 is 0 Å². The van der Waals surface area contributed by atoms with Gasteiger partial charge in [0.15, 0.2) is 0 Å². The van der Waals surface area contributed by atoms with Gasteiger partial charge in [-0.05, 0) is 36.8 Å². The van der Waals surface area contributed by atoms with Crippen LogP contribution in [0.2, 0.25) is 5.02 Å². The summed E-state index contributed by atoms with van der Waals surface area (Å²) in [6.45, 7) is 1.57. The highest BCUT2D eigenvalue weighted by atomic mass is 35.5. The average Bonchev–Trinajstić information content (AvgIpc) is 2.52. The summed E-state index contributed by atoms with van der Waals surface area (Å²) in [5.74, 6) is -1.60. The second-order valence-electron chi connectivity index (χ2n) is 5.38. The van der Waals surface area contributed by atoms with Gasteiger partial charge in [0, 0.05) is 33.4 Å². The van der Waals surface area contributed by atoms with Gasteiger partial charge in [0.1, 0.15) is 5.82 Å². The first-order valence-corrected chi connectivity index (χ1v) is 8.51. The van der Waals surface area contributed by atoms with Gasteiger partial charge in [0.05, 0.1) is 16.8 Å². The molecule has 1 aromatic heterocycles. The molecule has 1 heterocycles. The third-order valence-corrected chi connectivity index (χ3v) is 4.93. The Hall–Kier alpha value is -1.86. The molecule has 0 saturated carbocycles. The average molecular weight is 387 g/mol. The summed E-state index contributed by atoms with van der Waals surface area (Å²) >= 11 is 6.69. The summed E-state index contributed by atoms with van der Waals surface area (Å²) in [6.07, 6.45) is -1.36. The molecule has 0 bridgehead atoms. The van der Waals surface area contributed by atoms with Crippen LogP contribution in [0.5, 0.6) is 0 Å². The summed E-state index contributed by atoms with van der Waals surface area (Å²) in [5.41, 5.74) is 1.88. The van der Waals surface area contributed by atoms with Crippen molar-refractivity contribution in [1.82, 2.24) is 9.97 Å². The van der Waals surface area contributed by atoms with Crippen molar-refractivity contribution in [2.75, 3.05) is 5.75 Å². The molecule has 8 heteroatoms. The number of aryl methyl sites for hydroxylation is 1. The predicted octanol–water partition coefficient (Wildman–Crippen LogP) is 6.05. The van der Waals surface area contributed by atoms with Gasteiger partial charge in [-0.15, -0.1) is 11.8 Å². The topological polar surface area (TPSA) is 25.8 Å². The Labute approximate surface area is 150 Å². The molecule has 0 N–H and O–H groups in total. The number of thioether (sulfide) groups is 1. The fourth-order valence-electron chi connectivity index (χ4n) is 2.42. The number of rotatable bonds is 3. The van der Waals surface area contributed by atoms with Gasteiger partial charge in [0.2, 0.25) is 0 Å². The molecule has 0 spiro atoms. The highest BCUT2D eigenvalue weighted by Crippen LogP contribution is 2.37. The summed E-state index contributed by atoms with van der Waals surface area (Å²) in [5, 5.41) is 0.340. The molecule has 130 valence electrons. The van der Waals surface area contributed by atoms with E-state index in [0.29, 0.717) is 43.8 Å². The molecule has 0 aliphatic carbocycles. The molecule has 0 fully saturated rings. The minimum Gasteiger partial charge on any atom is -0.253 e. The third-order valence-electron chi connectivity index (χ3n) is 3.48. The van der Waals surface area contributed by atoms with E-state index >= 15 is 0 Å². The maximum Gasteiger partial charge on any atom is 0.398 e. The number of alkyl halides is 3. The van der Waals surface area contributed by atoms with Gasteiger partial charge in [-0.1, -0.05) is 11.6 Å². The first kappa shape index (κ1) is 17.9. The number of fused-ring (bicyclic) bond motifs is 1. The molecule has 2 nitrogen and oxygen atoms in total. The monoisotopic (exact) mass is 386 g/mol. The van der Waals surface area contributed by atoms with E-state index in [-0.39, 0.29) is 5.56 Å². The standard InChI is InChI=1S/C17H11ClF4N2S/c1-9-4-13(19)11(7-15(9)25-8-17(20,21)22)12-5-10(18)6-14-16(12)24-3-2-23-14/h2-7H,8H2,1H3. The Bertz CT molecular complexity index is 944. The molecule has 2 aromatic carbocycles. The van der Waals surface area contributed by atoms with Crippen molar-refractivity contribution in [1.29, 1.82) is 0 Å². The lowest BCUT2D eigenvalue weighted by Crippen LogP contribution is -2.10. The number of nitrogens with zero attached hydrogens (tertiary/aromatic N) is 2. The van der Waals surface area contributed by atoms with Crippen LogP contribution in [0.1, 0.15) is 5.56 Å². The van der Waals surface area contributed by atoms with E-state index in [0.717, 1.165) is 0 Å². The van der Waals surface area contributed by atoms with Crippen molar-refractivity contribution in [2.24, 2.45) is 0 Å². The van der Waals surface area contributed by atoms with Crippen molar-refractivity contribution in [3.8, 4) is 11.1 Å². The fourth-order valence-corrected chi connectivity index (χ4v) is 3.44. The molecule has 0 unspecified atom stereocenters. The number of benzene rings is 2. The first-order valence-electron chi connectivity index (χ1n) is 7.15. The van der Waals surface area contributed by atoms with Crippen LogP contribution in [0.15, 0.2) is 41.6 Å². The van der Waals surface area contributed by atoms with E-state index in [2.05, 4.69) is 9.97 Å². The number of halogens is 5. The molecule has 0 atom stereocenters. The van der Waals surface area contributed by atoms with E-state index in [9.17, 15) is 17.6 Å². The third kappa shape index (κ3) is 4.04. The second-order valence-corrected chi connectivity index (χ2v) is 6.83. The largest absolute Gasteiger partial charge is 0.398 e. The molecule has 0 aliphatic heterocycles. The maximum absolute atomic E-state index is 14.5. The summed E-state index contributed by atoms with van der Waals surface area (Å²) in [7, 11) is 0. The van der Waals surface area contributed by atoms with Crippen molar-refractivity contribution < 1.29 is 17.6 Å². The Morgan fingerprint density at radius 2 is 1.76 bits per heavy atom. The van der Waals surface area contributed by atoms with Crippen molar-refractivity contribution >= 4 is 34.4 Å². The van der Waals surface area contributed by atoms with Crippen LogP contribution >= 0.6 is 23.4 Å². The summed E-state index contributed by atoms with van der Waals surface area (Å²) in [6, 6.07) is 5.75. The van der Waals surface area contributed by atoms with Crippen LogP contribution in [0.25, 0.3) is 22.2 Å². The Morgan fingerprint density at radius 3 is 2.48 bits per heavy atom. The zero-order valence-electron chi connectivity index (χ0n) is 12.9. The minimum absolute atomic E-state index is 0.142. The number of aromatic nitrogens is 2. The second kappa shape index (κ2) is 6.80. The van der Waals surface area contributed by atoms with E-state index < -0.39 is 17.7 Å². The maximum atomic E-state index is 14.5. The highest BCUT2D eigenvalue weighted by Gasteiger charge is 2.28. The smallest absolute Gasteiger partial charge is 0.253 e. The number of hydrogen-bond acceptors (Lipinski definition) is 3. The Morgan fingerprint density at radius 1 is 1.04 bits per heavy atom. The number of hydrogen-bond donors (Lipinski definition) is 0. The molecular formula is C17H11ClF4N2S. The Balaban J connectivity index is 2.14. The molecular weight excluding hydrogens is 376 g/mol. The van der Waals surface area contributed by atoms with Gasteiger partial charge in [-0.2, -0.15) is 13.2 Å². The fraction of sp³-hybridized carbons (Fsp3) is 0.176.